The Morgan fingerprint density at radius 3 is 2.11 bits per heavy atom. The number of nitrogens with zero attached hydrogens (tertiary/aromatic N) is 2. The first-order chi connectivity index (χ1) is 13.5. The summed E-state index contributed by atoms with van der Waals surface area (Å²) in [4.78, 5) is 40.3. The Bertz CT molecular complexity index is 829. The van der Waals surface area contributed by atoms with E-state index in [1.54, 1.807) is 29.2 Å². The maximum Gasteiger partial charge on any atom is 0.317 e. The van der Waals surface area contributed by atoms with Crippen LogP contribution in [0.3, 0.4) is 0 Å². The zero-order valence-electron chi connectivity index (χ0n) is 16.2. The van der Waals surface area contributed by atoms with Crippen LogP contribution in [0.15, 0.2) is 54.6 Å². The second kappa shape index (κ2) is 8.69. The molecule has 0 aromatic heterocycles. The highest BCUT2D eigenvalue weighted by molar-refractivity contribution is 6.21. The second-order valence-electron chi connectivity index (χ2n) is 7.10. The van der Waals surface area contributed by atoms with E-state index in [0.29, 0.717) is 30.6 Å². The van der Waals surface area contributed by atoms with Crippen LogP contribution in [0.5, 0.6) is 0 Å². The second-order valence-corrected chi connectivity index (χ2v) is 7.10. The molecule has 28 heavy (non-hydrogen) atoms. The highest BCUT2D eigenvalue weighted by Gasteiger charge is 2.34. The summed E-state index contributed by atoms with van der Waals surface area (Å²) in [6.45, 7) is 5.16. The topological polar surface area (TPSA) is 69.7 Å². The summed E-state index contributed by atoms with van der Waals surface area (Å²) < 4.78 is 0. The Kier molecular flexibility index (Phi) is 6.09. The highest BCUT2D eigenvalue weighted by Crippen LogP contribution is 2.22. The lowest BCUT2D eigenvalue weighted by Crippen LogP contribution is -2.44. The number of imide groups is 1. The van der Waals surface area contributed by atoms with Crippen molar-refractivity contribution >= 4 is 17.8 Å². The molecule has 0 saturated carbocycles. The molecule has 0 atom stereocenters. The Morgan fingerprint density at radius 1 is 0.964 bits per heavy atom. The Morgan fingerprint density at radius 2 is 1.54 bits per heavy atom. The normalized spacial score (nSPS) is 13.0. The van der Waals surface area contributed by atoms with E-state index in [1.165, 1.54) is 4.90 Å². The molecule has 2 aromatic carbocycles. The van der Waals surface area contributed by atoms with Gasteiger partial charge in [-0.25, -0.2) is 4.79 Å². The number of carbonyl (C=O) groups excluding carboxylic acids is 3. The smallest absolute Gasteiger partial charge is 0.317 e. The van der Waals surface area contributed by atoms with Gasteiger partial charge in [0.05, 0.1) is 11.1 Å². The van der Waals surface area contributed by atoms with Gasteiger partial charge in [-0.3, -0.25) is 14.5 Å². The summed E-state index contributed by atoms with van der Waals surface area (Å²) >= 11 is 0. The lowest BCUT2D eigenvalue weighted by Gasteiger charge is -2.27. The molecule has 3 rings (SSSR count). The van der Waals surface area contributed by atoms with Crippen molar-refractivity contribution in [2.75, 3.05) is 13.1 Å². The van der Waals surface area contributed by atoms with Gasteiger partial charge in [0, 0.05) is 25.7 Å². The summed E-state index contributed by atoms with van der Waals surface area (Å²) in [7, 11) is 0. The van der Waals surface area contributed by atoms with Crippen LogP contribution in [-0.4, -0.2) is 46.8 Å². The van der Waals surface area contributed by atoms with Gasteiger partial charge >= 0.3 is 6.03 Å². The molecule has 6 nitrogen and oxygen atoms in total. The number of nitrogens with one attached hydrogen (secondary N) is 1. The van der Waals surface area contributed by atoms with E-state index in [9.17, 15) is 14.4 Å². The minimum atomic E-state index is -0.264. The van der Waals surface area contributed by atoms with Crippen molar-refractivity contribution in [3.8, 4) is 0 Å². The van der Waals surface area contributed by atoms with Crippen LogP contribution < -0.4 is 5.32 Å². The Balaban J connectivity index is 1.50. The van der Waals surface area contributed by atoms with Gasteiger partial charge in [0.2, 0.25) is 0 Å². The standard InChI is InChI=1S/C22H25N3O3/c1-16(2)25(15-17-9-4-3-5-10-17)22(28)23-13-8-14-24-20(26)18-11-6-7-12-19(18)21(24)27/h3-7,9-12,16H,8,13-15H2,1-2H3,(H,23,28). The van der Waals surface area contributed by atoms with Crippen LogP contribution in [0, 0.1) is 0 Å². The molecule has 2 aromatic rings. The molecule has 0 unspecified atom stereocenters. The lowest BCUT2D eigenvalue weighted by atomic mass is 10.1. The fourth-order valence-electron chi connectivity index (χ4n) is 3.25. The number of hydrogen-bond donors (Lipinski definition) is 1. The van der Waals surface area contributed by atoms with Crippen LogP contribution in [0.25, 0.3) is 0 Å². The molecule has 0 radical (unpaired) electrons. The molecular formula is C22H25N3O3. The predicted octanol–water partition coefficient (Wildman–Crippen LogP) is 3.29. The molecule has 146 valence electrons. The average molecular weight is 379 g/mol. The molecule has 0 spiro atoms. The van der Waals surface area contributed by atoms with Crippen molar-refractivity contribution in [1.82, 2.24) is 15.1 Å². The first-order valence-electron chi connectivity index (χ1n) is 9.52. The van der Waals surface area contributed by atoms with E-state index in [0.717, 1.165) is 5.56 Å². The largest absolute Gasteiger partial charge is 0.338 e. The number of hydrogen-bond acceptors (Lipinski definition) is 3. The van der Waals surface area contributed by atoms with E-state index in [4.69, 9.17) is 0 Å². The van der Waals surface area contributed by atoms with Gasteiger partial charge < -0.3 is 10.2 Å². The van der Waals surface area contributed by atoms with Crippen molar-refractivity contribution in [3.05, 3.63) is 71.3 Å². The molecule has 0 bridgehead atoms. The molecule has 0 aliphatic carbocycles. The minimum absolute atomic E-state index is 0.0523. The van der Waals surface area contributed by atoms with Crippen molar-refractivity contribution in [3.63, 3.8) is 0 Å². The van der Waals surface area contributed by atoms with E-state index in [2.05, 4.69) is 5.32 Å². The van der Waals surface area contributed by atoms with E-state index < -0.39 is 0 Å². The van der Waals surface area contributed by atoms with Gasteiger partial charge in [-0.05, 0) is 38.0 Å². The third kappa shape index (κ3) is 4.22. The van der Waals surface area contributed by atoms with Crippen LogP contribution in [0.2, 0.25) is 0 Å². The molecule has 1 N–H and O–H groups in total. The molecule has 0 saturated heterocycles. The molecule has 1 heterocycles. The van der Waals surface area contributed by atoms with Crippen LogP contribution in [0.4, 0.5) is 4.79 Å². The van der Waals surface area contributed by atoms with Gasteiger partial charge in [-0.2, -0.15) is 0 Å². The Hall–Kier alpha value is -3.15. The summed E-state index contributed by atoms with van der Waals surface area (Å²) in [5.74, 6) is -0.528. The lowest BCUT2D eigenvalue weighted by molar-refractivity contribution is 0.0653. The van der Waals surface area contributed by atoms with Crippen LogP contribution in [-0.2, 0) is 6.54 Å². The highest BCUT2D eigenvalue weighted by atomic mass is 16.2. The maximum atomic E-state index is 12.6. The van der Waals surface area contributed by atoms with Crippen molar-refractivity contribution in [2.24, 2.45) is 0 Å². The fourth-order valence-corrected chi connectivity index (χ4v) is 3.25. The first-order valence-corrected chi connectivity index (χ1v) is 9.52. The summed E-state index contributed by atoms with van der Waals surface area (Å²) in [6.07, 6.45) is 0.508. The van der Waals surface area contributed by atoms with E-state index >= 15 is 0 Å². The summed E-state index contributed by atoms with van der Waals surface area (Å²) in [5.41, 5.74) is 1.97. The monoisotopic (exact) mass is 379 g/mol. The minimum Gasteiger partial charge on any atom is -0.338 e. The van der Waals surface area contributed by atoms with Gasteiger partial charge in [-0.15, -0.1) is 0 Å². The van der Waals surface area contributed by atoms with Gasteiger partial charge in [-0.1, -0.05) is 42.5 Å². The molecular weight excluding hydrogens is 354 g/mol. The fraction of sp³-hybridized carbons (Fsp3) is 0.318. The first kappa shape index (κ1) is 19.6. The number of fused-ring (bicyclic) bond motifs is 1. The number of rotatable bonds is 7. The number of amides is 4. The molecule has 4 amide bonds. The zero-order valence-corrected chi connectivity index (χ0v) is 16.2. The maximum absolute atomic E-state index is 12.6. The van der Waals surface area contributed by atoms with Crippen LogP contribution >= 0.6 is 0 Å². The summed E-state index contributed by atoms with van der Waals surface area (Å²) in [5, 5.41) is 2.90. The molecule has 0 fully saturated rings. The average Bonchev–Trinajstić information content (AvgIpc) is 2.94. The van der Waals surface area contributed by atoms with Crippen molar-refractivity contribution in [2.45, 2.75) is 32.9 Å². The van der Waals surface area contributed by atoms with E-state index in [1.807, 2.05) is 44.2 Å². The number of benzene rings is 2. The van der Waals surface area contributed by atoms with Gasteiger partial charge in [0.25, 0.3) is 11.8 Å². The van der Waals surface area contributed by atoms with Crippen molar-refractivity contribution < 1.29 is 14.4 Å². The molecule has 1 aliphatic rings. The SMILES string of the molecule is CC(C)N(Cc1ccccc1)C(=O)NCCCN1C(=O)c2ccccc2C1=O. The van der Waals surface area contributed by atoms with Crippen molar-refractivity contribution in [1.29, 1.82) is 0 Å². The van der Waals surface area contributed by atoms with Gasteiger partial charge in [0.15, 0.2) is 0 Å². The van der Waals surface area contributed by atoms with Gasteiger partial charge in [0.1, 0.15) is 0 Å². The third-order valence-electron chi connectivity index (χ3n) is 4.79. The third-order valence-corrected chi connectivity index (χ3v) is 4.79. The Labute approximate surface area is 165 Å². The zero-order chi connectivity index (χ0) is 20.1. The summed E-state index contributed by atoms with van der Waals surface area (Å²) in [6, 6.07) is 16.6. The van der Waals surface area contributed by atoms with E-state index in [-0.39, 0.29) is 30.4 Å². The quantitative estimate of drug-likeness (QED) is 0.593. The van der Waals surface area contributed by atoms with Crippen LogP contribution in [0.1, 0.15) is 46.5 Å². The molecule has 1 aliphatic heterocycles. The molecule has 6 heteroatoms. The predicted molar refractivity (Wildman–Crippen MR) is 107 cm³/mol. The number of urea groups is 1. The number of carbonyl (C=O) groups is 3.